The molecule has 96 valence electrons. The third-order valence-electron chi connectivity index (χ3n) is 4.16. The van der Waals surface area contributed by atoms with Gasteiger partial charge in [0.15, 0.2) is 0 Å². The molecule has 3 atom stereocenters. The van der Waals surface area contributed by atoms with Gasteiger partial charge in [-0.3, -0.25) is 4.90 Å². The van der Waals surface area contributed by atoms with Crippen LogP contribution in [0.1, 0.15) is 0 Å². The van der Waals surface area contributed by atoms with Crippen molar-refractivity contribution in [3.8, 4) is 0 Å². The lowest BCUT2D eigenvalue weighted by Gasteiger charge is -2.40. The van der Waals surface area contributed by atoms with Crippen molar-refractivity contribution in [2.45, 2.75) is 17.3 Å². The molecule has 0 aromatic carbocycles. The van der Waals surface area contributed by atoms with Crippen LogP contribution >= 0.6 is 11.8 Å². The molecule has 17 heavy (non-hydrogen) atoms. The SMILES string of the molecule is CSC1CNCC1N1CCN2C(=O)NCC2C1. The summed E-state index contributed by atoms with van der Waals surface area (Å²) in [4.78, 5) is 16.1. The van der Waals surface area contributed by atoms with E-state index in [-0.39, 0.29) is 6.03 Å². The van der Waals surface area contributed by atoms with Crippen molar-refractivity contribution in [1.29, 1.82) is 0 Å². The van der Waals surface area contributed by atoms with Gasteiger partial charge in [0.1, 0.15) is 0 Å². The minimum absolute atomic E-state index is 0.126. The van der Waals surface area contributed by atoms with Crippen molar-refractivity contribution < 1.29 is 4.79 Å². The van der Waals surface area contributed by atoms with Gasteiger partial charge in [-0.2, -0.15) is 11.8 Å². The number of nitrogens with one attached hydrogen (secondary N) is 2. The molecule has 2 amide bonds. The minimum Gasteiger partial charge on any atom is -0.336 e. The lowest BCUT2D eigenvalue weighted by Crippen LogP contribution is -2.57. The molecule has 3 saturated heterocycles. The molecule has 0 saturated carbocycles. The number of thioether (sulfide) groups is 1. The Labute approximate surface area is 106 Å². The maximum atomic E-state index is 11.5. The van der Waals surface area contributed by atoms with Crippen LogP contribution in [-0.2, 0) is 0 Å². The first-order valence-electron chi connectivity index (χ1n) is 6.31. The molecule has 0 radical (unpaired) electrons. The molecule has 3 aliphatic rings. The Balaban J connectivity index is 1.65. The highest BCUT2D eigenvalue weighted by atomic mass is 32.2. The molecular weight excluding hydrogens is 236 g/mol. The number of piperazine rings is 1. The normalized spacial score (nSPS) is 38.3. The van der Waals surface area contributed by atoms with E-state index in [9.17, 15) is 4.79 Å². The third kappa shape index (κ3) is 2.02. The van der Waals surface area contributed by atoms with Crippen molar-refractivity contribution >= 4 is 17.8 Å². The van der Waals surface area contributed by atoms with Crippen molar-refractivity contribution in [2.24, 2.45) is 0 Å². The van der Waals surface area contributed by atoms with Crippen molar-refractivity contribution in [1.82, 2.24) is 20.4 Å². The van der Waals surface area contributed by atoms with Gasteiger partial charge in [-0.1, -0.05) is 0 Å². The number of carbonyl (C=O) groups is 1. The fraction of sp³-hybridized carbons (Fsp3) is 0.909. The molecule has 3 fully saturated rings. The quantitative estimate of drug-likeness (QED) is 0.693. The van der Waals surface area contributed by atoms with Gasteiger partial charge in [-0.25, -0.2) is 4.79 Å². The Bertz CT molecular complexity index is 314. The first-order valence-corrected chi connectivity index (χ1v) is 7.60. The van der Waals surface area contributed by atoms with Crippen LogP contribution in [0.5, 0.6) is 0 Å². The summed E-state index contributed by atoms with van der Waals surface area (Å²) < 4.78 is 0. The molecule has 3 unspecified atom stereocenters. The molecule has 0 spiro atoms. The summed E-state index contributed by atoms with van der Waals surface area (Å²) in [6.45, 7) is 5.97. The van der Waals surface area contributed by atoms with Gasteiger partial charge < -0.3 is 15.5 Å². The predicted octanol–water partition coefficient (Wildman–Crippen LogP) is -0.601. The van der Waals surface area contributed by atoms with Crippen LogP contribution in [0.2, 0.25) is 0 Å². The zero-order valence-electron chi connectivity index (χ0n) is 10.2. The Kier molecular flexibility index (Phi) is 3.19. The van der Waals surface area contributed by atoms with E-state index in [1.165, 1.54) is 0 Å². The standard InChI is InChI=1S/C11H20N4OS/c1-17-10-6-12-5-9(10)14-2-3-15-8(7-14)4-13-11(15)16/h8-10,12H,2-7H2,1H3,(H,13,16). The summed E-state index contributed by atoms with van der Waals surface area (Å²) in [5, 5.41) is 7.12. The first kappa shape index (κ1) is 11.6. The van der Waals surface area contributed by atoms with Gasteiger partial charge in [0.25, 0.3) is 0 Å². The van der Waals surface area contributed by atoms with Crippen LogP contribution in [0.4, 0.5) is 4.79 Å². The number of nitrogens with zero attached hydrogens (tertiary/aromatic N) is 2. The number of hydrogen-bond donors (Lipinski definition) is 2. The zero-order valence-corrected chi connectivity index (χ0v) is 11.0. The van der Waals surface area contributed by atoms with Crippen LogP contribution in [0.15, 0.2) is 0 Å². The summed E-state index contributed by atoms with van der Waals surface area (Å²) >= 11 is 1.96. The second kappa shape index (κ2) is 4.66. The number of fused-ring (bicyclic) bond motifs is 1. The Morgan fingerprint density at radius 2 is 2.18 bits per heavy atom. The second-order valence-corrected chi connectivity index (χ2v) is 6.10. The van der Waals surface area contributed by atoms with Crippen molar-refractivity contribution in [2.75, 3.05) is 45.5 Å². The van der Waals surface area contributed by atoms with Crippen molar-refractivity contribution in [3.05, 3.63) is 0 Å². The summed E-state index contributed by atoms with van der Waals surface area (Å²) in [5.41, 5.74) is 0. The number of urea groups is 1. The molecule has 6 heteroatoms. The number of hydrogen-bond acceptors (Lipinski definition) is 4. The topological polar surface area (TPSA) is 47.6 Å². The van der Waals surface area contributed by atoms with Gasteiger partial charge in [-0.15, -0.1) is 0 Å². The molecule has 0 aromatic rings. The smallest absolute Gasteiger partial charge is 0.317 e. The largest absolute Gasteiger partial charge is 0.336 e. The van der Waals surface area contributed by atoms with E-state index >= 15 is 0 Å². The number of rotatable bonds is 2. The van der Waals surface area contributed by atoms with Gasteiger partial charge in [0.05, 0.1) is 6.04 Å². The van der Waals surface area contributed by atoms with E-state index in [4.69, 9.17) is 0 Å². The van der Waals surface area contributed by atoms with Crippen molar-refractivity contribution in [3.63, 3.8) is 0 Å². The molecule has 2 N–H and O–H groups in total. The zero-order chi connectivity index (χ0) is 11.8. The molecule has 3 heterocycles. The minimum atomic E-state index is 0.126. The monoisotopic (exact) mass is 256 g/mol. The molecule has 0 aliphatic carbocycles. The van der Waals surface area contributed by atoms with Crippen LogP contribution in [0.25, 0.3) is 0 Å². The maximum Gasteiger partial charge on any atom is 0.317 e. The van der Waals surface area contributed by atoms with Gasteiger partial charge in [0, 0.05) is 50.6 Å². The molecule has 3 aliphatic heterocycles. The average molecular weight is 256 g/mol. The third-order valence-corrected chi connectivity index (χ3v) is 5.25. The molecule has 0 aromatic heterocycles. The average Bonchev–Trinajstić information content (AvgIpc) is 2.96. The highest BCUT2D eigenvalue weighted by molar-refractivity contribution is 7.99. The summed E-state index contributed by atoms with van der Waals surface area (Å²) in [7, 11) is 0. The Morgan fingerprint density at radius 3 is 3.00 bits per heavy atom. The van der Waals surface area contributed by atoms with E-state index in [0.717, 1.165) is 39.3 Å². The van der Waals surface area contributed by atoms with E-state index < -0.39 is 0 Å². The van der Waals surface area contributed by atoms with Crippen LogP contribution < -0.4 is 10.6 Å². The first-order chi connectivity index (χ1) is 8.29. The van der Waals surface area contributed by atoms with E-state index in [1.807, 2.05) is 16.7 Å². The van der Waals surface area contributed by atoms with Crippen LogP contribution in [0, 0.1) is 0 Å². The molecule has 0 bridgehead atoms. The van der Waals surface area contributed by atoms with E-state index in [2.05, 4.69) is 21.8 Å². The maximum absolute atomic E-state index is 11.5. The fourth-order valence-corrected chi connectivity index (χ4v) is 4.04. The summed E-state index contributed by atoms with van der Waals surface area (Å²) in [6, 6.07) is 1.16. The lowest BCUT2D eigenvalue weighted by molar-refractivity contribution is 0.0957. The Hall–Kier alpha value is -0.460. The predicted molar refractivity (Wildman–Crippen MR) is 69.4 cm³/mol. The summed E-state index contributed by atoms with van der Waals surface area (Å²) in [6.07, 6.45) is 2.20. The highest BCUT2D eigenvalue weighted by Crippen LogP contribution is 2.23. The van der Waals surface area contributed by atoms with Gasteiger partial charge >= 0.3 is 6.03 Å². The molecule has 3 rings (SSSR count). The van der Waals surface area contributed by atoms with E-state index in [1.54, 1.807) is 0 Å². The highest BCUT2D eigenvalue weighted by Gasteiger charge is 2.40. The number of amides is 2. The van der Waals surface area contributed by atoms with Gasteiger partial charge in [-0.05, 0) is 6.26 Å². The van der Waals surface area contributed by atoms with Crippen LogP contribution in [-0.4, -0.2) is 78.7 Å². The Morgan fingerprint density at radius 1 is 1.29 bits per heavy atom. The number of carbonyl (C=O) groups excluding carboxylic acids is 1. The van der Waals surface area contributed by atoms with Crippen LogP contribution in [0.3, 0.4) is 0 Å². The molecule has 5 nitrogen and oxygen atoms in total. The second-order valence-electron chi connectivity index (χ2n) is 5.03. The molecular formula is C11H20N4OS. The van der Waals surface area contributed by atoms with E-state index in [0.29, 0.717) is 17.3 Å². The van der Waals surface area contributed by atoms with Gasteiger partial charge in [0.2, 0.25) is 0 Å². The fourth-order valence-electron chi connectivity index (χ4n) is 3.17. The summed E-state index contributed by atoms with van der Waals surface area (Å²) in [5.74, 6) is 0. The lowest BCUT2D eigenvalue weighted by atomic mass is 10.1.